The number of carbonyl (C=O) groups is 3. The molecule has 2 aromatic rings. The first-order chi connectivity index (χ1) is 9.94. The predicted octanol–water partition coefficient (Wildman–Crippen LogP) is 0.855. The maximum absolute atomic E-state index is 12.2. The number of nitrogens with two attached hydrogens (primary N) is 1. The topological polar surface area (TPSA) is 89.3 Å². The second-order valence-electron chi connectivity index (χ2n) is 5.42. The summed E-state index contributed by atoms with van der Waals surface area (Å²) in [6.45, 7) is 1.58. The zero-order valence-electron chi connectivity index (χ0n) is 11.4. The van der Waals surface area contributed by atoms with Crippen LogP contribution in [0.25, 0.3) is 10.8 Å². The Morgan fingerprint density at radius 1 is 1.14 bits per heavy atom. The largest absolute Gasteiger partial charge is 0.369 e. The minimum Gasteiger partial charge on any atom is -0.369 e. The van der Waals surface area contributed by atoms with Gasteiger partial charge < -0.3 is 5.73 Å². The molecule has 0 aliphatic carbocycles. The van der Waals surface area contributed by atoms with Gasteiger partial charge in [-0.25, -0.2) is 0 Å². The van der Waals surface area contributed by atoms with Gasteiger partial charge in [-0.3, -0.25) is 19.7 Å². The number of nitrogens with one attached hydrogen (secondary N) is 1. The van der Waals surface area contributed by atoms with Crippen LogP contribution in [0.15, 0.2) is 42.5 Å². The van der Waals surface area contributed by atoms with Crippen LogP contribution in [0.5, 0.6) is 0 Å². The van der Waals surface area contributed by atoms with Crippen molar-refractivity contribution in [3.63, 3.8) is 0 Å². The van der Waals surface area contributed by atoms with Crippen molar-refractivity contribution in [2.75, 3.05) is 0 Å². The summed E-state index contributed by atoms with van der Waals surface area (Å²) in [5.74, 6) is -3.12. The lowest BCUT2D eigenvalue weighted by molar-refractivity contribution is -0.133. The molecule has 106 valence electrons. The number of fused-ring (bicyclic) bond motifs is 1. The molecule has 1 saturated heterocycles. The van der Waals surface area contributed by atoms with Crippen LogP contribution in [0.2, 0.25) is 0 Å². The van der Waals surface area contributed by atoms with E-state index < -0.39 is 29.1 Å². The zero-order chi connectivity index (χ0) is 15.2. The lowest BCUT2D eigenvalue weighted by Crippen LogP contribution is -2.43. The van der Waals surface area contributed by atoms with Crippen LogP contribution in [0.1, 0.15) is 12.5 Å². The average molecular weight is 282 g/mol. The van der Waals surface area contributed by atoms with Crippen LogP contribution in [0, 0.1) is 5.92 Å². The number of carbonyl (C=O) groups excluding carboxylic acids is 3. The van der Waals surface area contributed by atoms with Crippen molar-refractivity contribution in [3.05, 3.63) is 48.0 Å². The van der Waals surface area contributed by atoms with Gasteiger partial charge in [0.1, 0.15) is 5.92 Å². The summed E-state index contributed by atoms with van der Waals surface area (Å²) in [5, 5.41) is 4.16. The summed E-state index contributed by atoms with van der Waals surface area (Å²) in [5.41, 5.74) is 4.66. The molecule has 2 unspecified atom stereocenters. The molecule has 2 aromatic carbocycles. The molecular formula is C16H14N2O3. The van der Waals surface area contributed by atoms with Gasteiger partial charge in [0.2, 0.25) is 17.7 Å². The maximum Gasteiger partial charge on any atom is 0.240 e. The normalized spacial score (nSPS) is 25.1. The van der Waals surface area contributed by atoms with E-state index in [4.69, 9.17) is 5.73 Å². The monoisotopic (exact) mass is 282 g/mol. The molecule has 0 aromatic heterocycles. The van der Waals surface area contributed by atoms with Crippen LogP contribution in [-0.4, -0.2) is 17.7 Å². The Kier molecular flexibility index (Phi) is 2.79. The first-order valence-electron chi connectivity index (χ1n) is 6.58. The molecule has 0 radical (unpaired) electrons. The Hall–Kier alpha value is -2.69. The second kappa shape index (κ2) is 4.41. The van der Waals surface area contributed by atoms with Gasteiger partial charge in [-0.1, -0.05) is 42.5 Å². The van der Waals surface area contributed by atoms with Crippen molar-refractivity contribution in [1.29, 1.82) is 0 Å². The molecule has 0 spiro atoms. The van der Waals surface area contributed by atoms with Gasteiger partial charge in [0.15, 0.2) is 0 Å². The van der Waals surface area contributed by atoms with Crippen LogP contribution >= 0.6 is 0 Å². The molecule has 1 aliphatic heterocycles. The molecule has 1 aliphatic rings. The molecule has 3 rings (SSSR count). The molecular weight excluding hydrogens is 268 g/mol. The molecule has 2 atom stereocenters. The smallest absolute Gasteiger partial charge is 0.240 e. The highest BCUT2D eigenvalue weighted by atomic mass is 16.2. The fraction of sp³-hybridized carbons (Fsp3) is 0.188. The minimum absolute atomic E-state index is 0.494. The van der Waals surface area contributed by atoms with E-state index in [1.54, 1.807) is 13.0 Å². The summed E-state index contributed by atoms with van der Waals surface area (Å²) in [4.78, 5) is 35.7. The number of rotatable bonds is 2. The first kappa shape index (κ1) is 13.3. The predicted molar refractivity (Wildman–Crippen MR) is 77.1 cm³/mol. The Morgan fingerprint density at radius 2 is 1.81 bits per heavy atom. The van der Waals surface area contributed by atoms with E-state index in [1.807, 2.05) is 36.4 Å². The van der Waals surface area contributed by atoms with E-state index in [2.05, 4.69) is 5.32 Å². The minimum atomic E-state index is -1.27. The van der Waals surface area contributed by atoms with Gasteiger partial charge in [0.25, 0.3) is 0 Å². The fourth-order valence-corrected chi connectivity index (χ4v) is 2.93. The highest BCUT2D eigenvalue weighted by Crippen LogP contribution is 2.38. The molecule has 1 heterocycles. The fourth-order valence-electron chi connectivity index (χ4n) is 2.93. The van der Waals surface area contributed by atoms with Gasteiger partial charge >= 0.3 is 0 Å². The van der Waals surface area contributed by atoms with E-state index in [0.29, 0.717) is 5.56 Å². The third-order valence-electron chi connectivity index (χ3n) is 4.18. The summed E-state index contributed by atoms with van der Waals surface area (Å²) in [6, 6.07) is 13.1. The van der Waals surface area contributed by atoms with Crippen molar-refractivity contribution in [2.24, 2.45) is 11.7 Å². The van der Waals surface area contributed by atoms with Gasteiger partial charge in [-0.2, -0.15) is 0 Å². The van der Waals surface area contributed by atoms with Crippen LogP contribution in [0.3, 0.4) is 0 Å². The van der Waals surface area contributed by atoms with E-state index in [-0.39, 0.29) is 0 Å². The zero-order valence-corrected chi connectivity index (χ0v) is 11.4. The number of imide groups is 1. The molecule has 0 saturated carbocycles. The standard InChI is InChI=1S/C16H14N2O3/c1-16(12(13(17)19)14(20)18-15(16)21)11-7-6-9-4-2-3-5-10(9)8-11/h2-8,12H,1H3,(H2,17,19)(H,18,20,21). The van der Waals surface area contributed by atoms with E-state index in [0.717, 1.165) is 10.8 Å². The number of hydrogen-bond donors (Lipinski definition) is 2. The Balaban J connectivity index is 2.20. The molecule has 0 bridgehead atoms. The van der Waals surface area contributed by atoms with Gasteiger partial charge in [-0.05, 0) is 23.3 Å². The van der Waals surface area contributed by atoms with Gasteiger partial charge in [0, 0.05) is 0 Å². The highest BCUT2D eigenvalue weighted by molar-refractivity contribution is 6.19. The number of hydrogen-bond acceptors (Lipinski definition) is 3. The summed E-state index contributed by atoms with van der Waals surface area (Å²) < 4.78 is 0. The third-order valence-corrected chi connectivity index (χ3v) is 4.18. The van der Waals surface area contributed by atoms with Gasteiger partial charge in [0.05, 0.1) is 5.41 Å². The maximum atomic E-state index is 12.2. The molecule has 5 nitrogen and oxygen atoms in total. The Bertz CT molecular complexity index is 784. The summed E-state index contributed by atoms with van der Waals surface area (Å²) in [7, 11) is 0. The number of amides is 3. The Morgan fingerprint density at radius 3 is 2.48 bits per heavy atom. The molecule has 3 N–H and O–H groups in total. The Labute approximate surface area is 121 Å². The molecule has 3 amide bonds. The van der Waals surface area contributed by atoms with Crippen LogP contribution < -0.4 is 11.1 Å². The first-order valence-corrected chi connectivity index (χ1v) is 6.58. The quantitative estimate of drug-likeness (QED) is 0.632. The SMILES string of the molecule is CC1(c2ccc3ccccc3c2)C(=O)NC(=O)C1C(N)=O. The van der Waals surface area contributed by atoms with Crippen molar-refractivity contribution >= 4 is 28.5 Å². The molecule has 21 heavy (non-hydrogen) atoms. The third kappa shape index (κ3) is 1.81. The highest BCUT2D eigenvalue weighted by Gasteiger charge is 2.55. The lowest BCUT2D eigenvalue weighted by Gasteiger charge is -2.25. The van der Waals surface area contributed by atoms with Crippen molar-refractivity contribution < 1.29 is 14.4 Å². The van der Waals surface area contributed by atoms with Crippen molar-refractivity contribution in [1.82, 2.24) is 5.32 Å². The average Bonchev–Trinajstić information content (AvgIpc) is 2.69. The molecule has 1 fully saturated rings. The van der Waals surface area contributed by atoms with Crippen LogP contribution in [-0.2, 0) is 19.8 Å². The number of primary amides is 1. The van der Waals surface area contributed by atoms with Gasteiger partial charge in [-0.15, -0.1) is 0 Å². The van der Waals surface area contributed by atoms with E-state index >= 15 is 0 Å². The van der Waals surface area contributed by atoms with Crippen molar-refractivity contribution in [2.45, 2.75) is 12.3 Å². The summed E-state index contributed by atoms with van der Waals surface area (Å²) in [6.07, 6.45) is 0. The van der Waals surface area contributed by atoms with E-state index in [1.165, 1.54) is 0 Å². The van der Waals surface area contributed by atoms with Crippen LogP contribution in [0.4, 0.5) is 0 Å². The van der Waals surface area contributed by atoms with Crippen molar-refractivity contribution in [3.8, 4) is 0 Å². The summed E-state index contributed by atoms with van der Waals surface area (Å²) >= 11 is 0. The number of benzene rings is 2. The lowest BCUT2D eigenvalue weighted by atomic mass is 9.72. The second-order valence-corrected chi connectivity index (χ2v) is 5.42. The molecule has 5 heteroatoms. The van der Waals surface area contributed by atoms with E-state index in [9.17, 15) is 14.4 Å².